The number of piperidine rings is 1. The Morgan fingerprint density at radius 3 is 2.70 bits per heavy atom. The molecule has 5 rings (SSSR count). The number of hydrogen-bond acceptors (Lipinski definition) is 6. The van der Waals surface area contributed by atoms with Gasteiger partial charge in [0.2, 0.25) is 15.9 Å². The number of ether oxygens (including phenoxy) is 1. The Balaban J connectivity index is 1.36. The Morgan fingerprint density at radius 2 is 1.93 bits per heavy atom. The SMILES string of the molecule is Cc1cc(C)c2cccc(OCc3c(Cl)ccc(S(=O)(=O)N4CCCC4C(=O)NCC4CCNCC4)c3Cl)c2n1. The van der Waals surface area contributed by atoms with Crippen molar-refractivity contribution in [3.63, 3.8) is 0 Å². The number of pyridine rings is 1. The first kappa shape index (κ1) is 29.1. The number of carbonyl (C=O) groups excluding carboxylic acids is 1. The number of rotatable bonds is 8. The van der Waals surface area contributed by atoms with Gasteiger partial charge in [0.05, 0.1) is 5.02 Å². The Labute approximate surface area is 245 Å². The number of para-hydroxylation sites is 1. The molecule has 0 spiro atoms. The van der Waals surface area contributed by atoms with E-state index in [1.807, 2.05) is 38.1 Å². The molecule has 0 aliphatic carbocycles. The summed E-state index contributed by atoms with van der Waals surface area (Å²) in [5, 5.41) is 7.56. The molecule has 3 heterocycles. The molecular weight excluding hydrogens is 571 g/mol. The number of aryl methyl sites for hydroxylation is 2. The van der Waals surface area contributed by atoms with Gasteiger partial charge in [-0.1, -0.05) is 35.3 Å². The number of hydrogen-bond donors (Lipinski definition) is 2. The van der Waals surface area contributed by atoms with Crippen LogP contribution in [0.3, 0.4) is 0 Å². The van der Waals surface area contributed by atoms with E-state index in [1.165, 1.54) is 16.4 Å². The van der Waals surface area contributed by atoms with E-state index in [9.17, 15) is 13.2 Å². The number of carbonyl (C=O) groups is 1. The summed E-state index contributed by atoms with van der Waals surface area (Å²) < 4.78 is 35.0. The van der Waals surface area contributed by atoms with Crippen molar-refractivity contribution in [3.05, 3.63) is 63.3 Å². The van der Waals surface area contributed by atoms with Crippen molar-refractivity contribution >= 4 is 50.0 Å². The molecule has 2 N–H and O–H groups in total. The second kappa shape index (κ2) is 12.2. The highest BCUT2D eigenvalue weighted by Gasteiger charge is 2.40. The van der Waals surface area contributed by atoms with Crippen molar-refractivity contribution in [1.29, 1.82) is 0 Å². The first-order valence-corrected chi connectivity index (χ1v) is 15.8. The van der Waals surface area contributed by atoms with Crippen molar-refractivity contribution in [3.8, 4) is 5.75 Å². The van der Waals surface area contributed by atoms with Gasteiger partial charge in [-0.2, -0.15) is 4.31 Å². The quantitative estimate of drug-likeness (QED) is 0.375. The van der Waals surface area contributed by atoms with Crippen LogP contribution in [0, 0.1) is 19.8 Å². The molecule has 2 aromatic carbocycles. The first-order chi connectivity index (χ1) is 19.2. The topological polar surface area (TPSA) is 101 Å². The van der Waals surface area contributed by atoms with E-state index in [2.05, 4.69) is 15.6 Å². The zero-order chi connectivity index (χ0) is 28.4. The minimum absolute atomic E-state index is 0.00572. The van der Waals surface area contributed by atoms with Gasteiger partial charge in [-0.05, 0) is 88.4 Å². The molecule has 0 saturated carbocycles. The highest BCUT2D eigenvalue weighted by molar-refractivity contribution is 7.89. The van der Waals surface area contributed by atoms with E-state index in [1.54, 1.807) is 0 Å². The number of nitrogens with one attached hydrogen (secondary N) is 2. The first-order valence-electron chi connectivity index (χ1n) is 13.6. The third-order valence-electron chi connectivity index (χ3n) is 7.78. The van der Waals surface area contributed by atoms with Crippen LogP contribution in [0.4, 0.5) is 0 Å². The van der Waals surface area contributed by atoms with Crippen LogP contribution in [0.1, 0.15) is 42.5 Å². The molecule has 8 nitrogen and oxygen atoms in total. The number of aromatic nitrogens is 1. The van der Waals surface area contributed by atoms with Gasteiger partial charge in [0, 0.05) is 34.8 Å². The predicted octanol–water partition coefficient (Wildman–Crippen LogP) is 5.01. The highest BCUT2D eigenvalue weighted by Crippen LogP contribution is 2.36. The Hall–Kier alpha value is -2.43. The van der Waals surface area contributed by atoms with Crippen LogP contribution in [0.5, 0.6) is 5.75 Å². The third-order valence-corrected chi connectivity index (χ3v) is 10.6. The summed E-state index contributed by atoms with van der Waals surface area (Å²) in [6.45, 7) is 6.56. The maximum atomic E-state index is 13.8. The number of nitrogens with zero attached hydrogens (tertiary/aromatic N) is 2. The lowest BCUT2D eigenvalue weighted by Crippen LogP contribution is -2.47. The van der Waals surface area contributed by atoms with Gasteiger partial charge in [0.1, 0.15) is 28.8 Å². The standard InChI is InChI=1S/C29H34Cl2N4O4S/c1-18-15-19(2)34-28-21(18)5-3-7-25(28)39-17-22-23(30)8-9-26(27(22)31)40(37,38)35-14-4-6-24(35)29(36)33-16-20-10-12-32-13-11-20/h3,5,7-9,15,20,24,32H,4,6,10-14,16-17H2,1-2H3,(H,33,36). The summed E-state index contributed by atoms with van der Waals surface area (Å²) in [6, 6.07) is 9.82. The van der Waals surface area contributed by atoms with Gasteiger partial charge >= 0.3 is 0 Å². The largest absolute Gasteiger partial charge is 0.487 e. The summed E-state index contributed by atoms with van der Waals surface area (Å²) in [5.74, 6) is 0.687. The molecule has 11 heteroatoms. The Bertz CT molecular complexity index is 1530. The van der Waals surface area contributed by atoms with Crippen LogP contribution in [0.15, 0.2) is 41.3 Å². The predicted molar refractivity (Wildman–Crippen MR) is 158 cm³/mol. The van der Waals surface area contributed by atoms with E-state index in [0.717, 1.165) is 42.6 Å². The zero-order valence-corrected chi connectivity index (χ0v) is 25.0. The van der Waals surface area contributed by atoms with Crippen LogP contribution in [0.2, 0.25) is 10.0 Å². The molecule has 1 amide bonds. The number of amides is 1. The lowest BCUT2D eigenvalue weighted by Gasteiger charge is -2.26. The molecular formula is C29H34Cl2N4O4S. The number of sulfonamides is 1. The maximum absolute atomic E-state index is 13.8. The van der Waals surface area contributed by atoms with E-state index < -0.39 is 16.1 Å². The van der Waals surface area contributed by atoms with Crippen LogP contribution in [0.25, 0.3) is 10.9 Å². The van der Waals surface area contributed by atoms with Gasteiger partial charge in [0.15, 0.2) is 0 Å². The summed E-state index contributed by atoms with van der Waals surface area (Å²) in [5.41, 5.74) is 3.02. The lowest BCUT2D eigenvalue weighted by atomic mass is 9.98. The van der Waals surface area contributed by atoms with Crippen molar-refractivity contribution < 1.29 is 17.9 Å². The molecule has 1 unspecified atom stereocenters. The van der Waals surface area contributed by atoms with Gasteiger partial charge in [-0.15, -0.1) is 0 Å². The van der Waals surface area contributed by atoms with E-state index in [0.29, 0.717) is 47.2 Å². The molecule has 2 fully saturated rings. The fraction of sp³-hybridized carbons (Fsp3) is 0.448. The second-order valence-electron chi connectivity index (χ2n) is 10.6. The third kappa shape index (κ3) is 5.94. The Kier molecular flexibility index (Phi) is 8.87. The van der Waals surface area contributed by atoms with Crippen molar-refractivity contribution in [2.75, 3.05) is 26.2 Å². The maximum Gasteiger partial charge on any atom is 0.245 e. The molecule has 214 valence electrons. The van der Waals surface area contributed by atoms with Crippen molar-refractivity contribution in [2.24, 2.45) is 5.92 Å². The number of benzene rings is 2. The molecule has 2 aliphatic heterocycles. The van der Waals surface area contributed by atoms with Gasteiger partial charge < -0.3 is 15.4 Å². The van der Waals surface area contributed by atoms with Crippen LogP contribution >= 0.6 is 23.2 Å². The average molecular weight is 606 g/mol. The average Bonchev–Trinajstić information content (AvgIpc) is 3.44. The van der Waals surface area contributed by atoms with Crippen LogP contribution in [-0.2, 0) is 21.4 Å². The van der Waals surface area contributed by atoms with Crippen molar-refractivity contribution in [1.82, 2.24) is 19.9 Å². The molecule has 3 aromatic rings. The van der Waals surface area contributed by atoms with Gasteiger partial charge in [-0.3, -0.25) is 4.79 Å². The smallest absolute Gasteiger partial charge is 0.245 e. The second-order valence-corrected chi connectivity index (χ2v) is 13.2. The number of halogens is 2. The van der Waals surface area contributed by atoms with Crippen molar-refractivity contribution in [2.45, 2.75) is 57.1 Å². The van der Waals surface area contributed by atoms with Crippen LogP contribution in [-0.4, -0.2) is 55.8 Å². The van der Waals surface area contributed by atoms with E-state index in [-0.39, 0.29) is 29.0 Å². The molecule has 1 aromatic heterocycles. The minimum atomic E-state index is -4.07. The molecule has 0 radical (unpaired) electrons. The fourth-order valence-corrected chi connectivity index (χ4v) is 8.11. The summed E-state index contributed by atoms with van der Waals surface area (Å²) in [4.78, 5) is 17.6. The number of fused-ring (bicyclic) bond motifs is 1. The van der Waals surface area contributed by atoms with E-state index >= 15 is 0 Å². The highest BCUT2D eigenvalue weighted by atomic mass is 35.5. The van der Waals surface area contributed by atoms with Gasteiger partial charge in [0.25, 0.3) is 0 Å². The summed E-state index contributed by atoms with van der Waals surface area (Å²) >= 11 is 13.2. The van der Waals surface area contributed by atoms with Crippen LogP contribution < -0.4 is 15.4 Å². The Morgan fingerprint density at radius 1 is 1.15 bits per heavy atom. The van der Waals surface area contributed by atoms with Gasteiger partial charge in [-0.25, -0.2) is 13.4 Å². The zero-order valence-electron chi connectivity index (χ0n) is 22.7. The minimum Gasteiger partial charge on any atom is -0.487 e. The molecule has 0 bridgehead atoms. The molecule has 1 atom stereocenters. The summed E-state index contributed by atoms with van der Waals surface area (Å²) in [6.07, 6.45) is 3.04. The summed E-state index contributed by atoms with van der Waals surface area (Å²) in [7, 11) is -4.07. The normalized spacial score (nSPS) is 18.8. The monoisotopic (exact) mass is 604 g/mol. The van der Waals surface area contributed by atoms with E-state index in [4.69, 9.17) is 27.9 Å². The molecule has 40 heavy (non-hydrogen) atoms. The fourth-order valence-electron chi connectivity index (χ4n) is 5.59. The molecule has 2 saturated heterocycles. The molecule has 2 aliphatic rings. The lowest BCUT2D eigenvalue weighted by molar-refractivity contribution is -0.124.